The van der Waals surface area contributed by atoms with E-state index in [1.54, 1.807) is 24.3 Å². The number of likely N-dealkylation sites (tertiary alicyclic amines) is 1. The molecular formula is C16H23N3O2. The molecule has 1 saturated heterocycles. The lowest BCUT2D eigenvalue weighted by Crippen LogP contribution is -2.48. The number of nitrogens with one attached hydrogen (secondary N) is 2. The molecule has 1 aromatic rings. The number of benzene rings is 1. The van der Waals surface area contributed by atoms with E-state index in [4.69, 9.17) is 0 Å². The molecule has 2 rings (SSSR count). The average molecular weight is 289 g/mol. The fraction of sp³-hybridized carbons (Fsp3) is 0.500. The van der Waals surface area contributed by atoms with Crippen LogP contribution in [0.5, 0.6) is 0 Å². The molecule has 114 valence electrons. The number of carbonyl (C=O) groups excluding carboxylic acids is 2. The Morgan fingerprint density at radius 1 is 1.10 bits per heavy atom. The van der Waals surface area contributed by atoms with Crippen LogP contribution in [0.15, 0.2) is 30.3 Å². The maximum absolute atomic E-state index is 12.1. The molecule has 0 unspecified atom stereocenters. The lowest BCUT2D eigenvalue weighted by Gasteiger charge is -2.33. The van der Waals surface area contributed by atoms with Gasteiger partial charge in [-0.05, 0) is 51.9 Å². The molecule has 0 atom stereocenters. The Morgan fingerprint density at radius 2 is 1.71 bits per heavy atom. The van der Waals surface area contributed by atoms with Crippen LogP contribution in [-0.4, -0.2) is 35.8 Å². The summed E-state index contributed by atoms with van der Waals surface area (Å²) in [6.07, 6.45) is 1.68. The molecule has 0 radical (unpaired) electrons. The molecule has 1 aliphatic heterocycles. The van der Waals surface area contributed by atoms with Gasteiger partial charge in [0.1, 0.15) is 0 Å². The second kappa shape index (κ2) is 7.22. The fourth-order valence-electron chi connectivity index (χ4n) is 2.56. The van der Waals surface area contributed by atoms with E-state index in [9.17, 15) is 9.59 Å². The molecule has 1 fully saturated rings. The predicted molar refractivity (Wildman–Crippen MR) is 81.5 cm³/mol. The molecule has 5 nitrogen and oxygen atoms in total. The van der Waals surface area contributed by atoms with Crippen LogP contribution in [0.4, 0.5) is 0 Å². The highest BCUT2D eigenvalue weighted by Crippen LogP contribution is 2.18. The van der Waals surface area contributed by atoms with Crippen LogP contribution >= 0.6 is 0 Å². The van der Waals surface area contributed by atoms with Gasteiger partial charge in [-0.2, -0.15) is 0 Å². The largest absolute Gasteiger partial charge is 0.301 e. The first-order chi connectivity index (χ1) is 10.1. The highest BCUT2D eigenvalue weighted by molar-refractivity contribution is 5.95. The minimum absolute atomic E-state index is 0.0175. The van der Waals surface area contributed by atoms with Gasteiger partial charge >= 0.3 is 0 Å². The zero-order valence-electron chi connectivity index (χ0n) is 12.6. The number of hydrogen-bond acceptors (Lipinski definition) is 3. The Hall–Kier alpha value is -1.88. The molecule has 0 aromatic heterocycles. The number of amides is 2. The van der Waals surface area contributed by atoms with Crippen molar-refractivity contribution in [2.24, 2.45) is 5.92 Å². The Morgan fingerprint density at radius 3 is 2.29 bits per heavy atom. The van der Waals surface area contributed by atoms with E-state index in [1.165, 1.54) is 0 Å². The molecule has 1 aliphatic rings. The third-order valence-corrected chi connectivity index (χ3v) is 3.97. The van der Waals surface area contributed by atoms with Crippen molar-refractivity contribution in [1.29, 1.82) is 0 Å². The summed E-state index contributed by atoms with van der Waals surface area (Å²) >= 11 is 0. The van der Waals surface area contributed by atoms with Gasteiger partial charge in [-0.1, -0.05) is 18.2 Å². The summed E-state index contributed by atoms with van der Waals surface area (Å²) in [5.41, 5.74) is 5.55. The van der Waals surface area contributed by atoms with Crippen LogP contribution in [0, 0.1) is 5.92 Å². The summed E-state index contributed by atoms with van der Waals surface area (Å²) in [6, 6.07) is 9.37. The molecule has 1 heterocycles. The monoisotopic (exact) mass is 289 g/mol. The second-order valence-electron chi connectivity index (χ2n) is 5.71. The highest BCUT2D eigenvalue weighted by Gasteiger charge is 2.26. The zero-order valence-corrected chi connectivity index (χ0v) is 12.6. The van der Waals surface area contributed by atoms with Crippen molar-refractivity contribution < 1.29 is 9.59 Å². The van der Waals surface area contributed by atoms with E-state index in [-0.39, 0.29) is 17.7 Å². The molecule has 2 amide bonds. The molecule has 5 heteroatoms. The SMILES string of the molecule is CC(C)N1CCC(C(=O)NNC(=O)c2ccccc2)CC1. The number of nitrogens with zero attached hydrogens (tertiary/aromatic N) is 1. The standard InChI is InChI=1S/C16H23N3O2/c1-12(2)19-10-8-14(9-11-19)16(21)18-17-15(20)13-6-4-3-5-7-13/h3-7,12,14H,8-11H2,1-2H3,(H,17,20)(H,18,21). The van der Waals surface area contributed by atoms with Gasteiger partial charge < -0.3 is 4.90 Å². The van der Waals surface area contributed by atoms with Crippen molar-refractivity contribution in [2.45, 2.75) is 32.7 Å². The van der Waals surface area contributed by atoms with Gasteiger partial charge in [0, 0.05) is 17.5 Å². The van der Waals surface area contributed by atoms with E-state index in [0.717, 1.165) is 25.9 Å². The molecule has 2 N–H and O–H groups in total. The van der Waals surface area contributed by atoms with Crippen LogP contribution in [0.1, 0.15) is 37.0 Å². The van der Waals surface area contributed by atoms with Crippen LogP contribution in [-0.2, 0) is 4.79 Å². The Balaban J connectivity index is 1.77. The van der Waals surface area contributed by atoms with Gasteiger partial charge in [0.05, 0.1) is 0 Å². The van der Waals surface area contributed by atoms with Crippen molar-refractivity contribution in [3.8, 4) is 0 Å². The van der Waals surface area contributed by atoms with E-state index < -0.39 is 0 Å². The number of hydrazine groups is 1. The average Bonchev–Trinajstić information content (AvgIpc) is 2.53. The van der Waals surface area contributed by atoms with Gasteiger partial charge in [0.15, 0.2) is 0 Å². The third-order valence-electron chi connectivity index (χ3n) is 3.97. The Bertz CT molecular complexity index is 480. The maximum atomic E-state index is 12.1. The lowest BCUT2D eigenvalue weighted by molar-refractivity contribution is -0.127. The number of piperidine rings is 1. The van der Waals surface area contributed by atoms with Gasteiger partial charge in [0.2, 0.25) is 5.91 Å². The van der Waals surface area contributed by atoms with Crippen LogP contribution in [0.25, 0.3) is 0 Å². The smallest absolute Gasteiger partial charge is 0.269 e. The van der Waals surface area contributed by atoms with E-state index in [1.807, 2.05) is 6.07 Å². The van der Waals surface area contributed by atoms with Crippen molar-refractivity contribution >= 4 is 11.8 Å². The first-order valence-electron chi connectivity index (χ1n) is 7.47. The Kier molecular flexibility index (Phi) is 5.33. The summed E-state index contributed by atoms with van der Waals surface area (Å²) in [4.78, 5) is 26.3. The van der Waals surface area contributed by atoms with E-state index in [0.29, 0.717) is 11.6 Å². The topological polar surface area (TPSA) is 61.4 Å². The fourth-order valence-corrected chi connectivity index (χ4v) is 2.56. The molecule has 0 bridgehead atoms. The third kappa shape index (κ3) is 4.29. The summed E-state index contributed by atoms with van der Waals surface area (Å²) in [6.45, 7) is 6.20. The normalized spacial score (nSPS) is 16.7. The van der Waals surface area contributed by atoms with Crippen molar-refractivity contribution in [2.75, 3.05) is 13.1 Å². The number of rotatable bonds is 3. The van der Waals surface area contributed by atoms with Crippen LogP contribution < -0.4 is 10.9 Å². The molecular weight excluding hydrogens is 266 g/mol. The summed E-state index contributed by atoms with van der Waals surface area (Å²) in [5.74, 6) is -0.401. The first kappa shape index (κ1) is 15.5. The minimum Gasteiger partial charge on any atom is -0.301 e. The quantitative estimate of drug-likeness (QED) is 0.830. The predicted octanol–water partition coefficient (Wildman–Crippen LogP) is 1.57. The maximum Gasteiger partial charge on any atom is 0.269 e. The van der Waals surface area contributed by atoms with Crippen molar-refractivity contribution in [1.82, 2.24) is 15.8 Å². The summed E-state index contributed by atoms with van der Waals surface area (Å²) < 4.78 is 0. The van der Waals surface area contributed by atoms with Gasteiger partial charge in [0.25, 0.3) is 5.91 Å². The summed E-state index contributed by atoms with van der Waals surface area (Å²) in [7, 11) is 0. The Labute approximate surface area is 125 Å². The van der Waals surface area contributed by atoms with Crippen LogP contribution in [0.3, 0.4) is 0 Å². The zero-order chi connectivity index (χ0) is 15.2. The van der Waals surface area contributed by atoms with E-state index in [2.05, 4.69) is 29.6 Å². The molecule has 0 aliphatic carbocycles. The second-order valence-corrected chi connectivity index (χ2v) is 5.71. The van der Waals surface area contributed by atoms with Crippen molar-refractivity contribution in [3.05, 3.63) is 35.9 Å². The molecule has 0 spiro atoms. The number of hydrogen-bond donors (Lipinski definition) is 2. The molecule has 1 aromatic carbocycles. The molecule has 0 saturated carbocycles. The summed E-state index contributed by atoms with van der Waals surface area (Å²) in [5, 5.41) is 0. The van der Waals surface area contributed by atoms with Crippen LogP contribution in [0.2, 0.25) is 0 Å². The first-order valence-corrected chi connectivity index (χ1v) is 7.47. The van der Waals surface area contributed by atoms with Gasteiger partial charge in [-0.15, -0.1) is 0 Å². The van der Waals surface area contributed by atoms with E-state index >= 15 is 0 Å². The molecule has 21 heavy (non-hydrogen) atoms. The van der Waals surface area contributed by atoms with Gasteiger partial charge in [-0.25, -0.2) is 0 Å². The number of carbonyl (C=O) groups is 2. The highest BCUT2D eigenvalue weighted by atomic mass is 16.2. The van der Waals surface area contributed by atoms with Crippen molar-refractivity contribution in [3.63, 3.8) is 0 Å². The lowest BCUT2D eigenvalue weighted by atomic mass is 9.95. The minimum atomic E-state index is -0.288. The van der Waals surface area contributed by atoms with Gasteiger partial charge in [-0.3, -0.25) is 20.4 Å².